The van der Waals surface area contributed by atoms with Crippen LogP contribution in [-0.2, 0) is 15.1 Å². The Labute approximate surface area is 136 Å². The van der Waals surface area contributed by atoms with E-state index >= 15 is 0 Å². The van der Waals surface area contributed by atoms with Crippen LogP contribution in [-0.4, -0.2) is 12.0 Å². The molecule has 3 N–H and O–H groups in total. The van der Waals surface area contributed by atoms with Crippen molar-refractivity contribution in [3.8, 4) is 0 Å². The molecule has 0 spiro atoms. The van der Waals surface area contributed by atoms with Gasteiger partial charge in [0.1, 0.15) is 5.60 Å². The van der Waals surface area contributed by atoms with Crippen LogP contribution in [0.1, 0.15) is 51.7 Å². The molecule has 1 aromatic rings. The lowest BCUT2D eigenvalue weighted by atomic mass is 9.83. The molecule has 0 aromatic heterocycles. The summed E-state index contributed by atoms with van der Waals surface area (Å²) in [7, 11) is 0. The second kappa shape index (κ2) is 6.44. The largest absolute Gasteiger partial charge is 0.438 e. The molecule has 5 heteroatoms. The van der Waals surface area contributed by atoms with Crippen LogP contribution in [0.25, 0.3) is 5.57 Å². The first-order valence-electron chi connectivity index (χ1n) is 7.99. The first kappa shape index (κ1) is 17.1. The number of carbonyl (C=O) groups excluding carboxylic acids is 2. The number of hydrogen-bond donors (Lipinski definition) is 2. The van der Waals surface area contributed by atoms with Crippen molar-refractivity contribution >= 4 is 23.3 Å². The SMILES string of the molecule is CCC1(CC)OC(=O)Nc2ccc(/C(=C\C(N)=O)C(C)C)cc21. The Bertz CT molecular complexity index is 658. The zero-order valence-electron chi connectivity index (χ0n) is 14.1. The van der Waals surface area contributed by atoms with Crippen molar-refractivity contribution in [2.45, 2.75) is 46.1 Å². The highest BCUT2D eigenvalue weighted by Gasteiger charge is 2.39. The van der Waals surface area contributed by atoms with Gasteiger partial charge in [0.25, 0.3) is 0 Å². The topological polar surface area (TPSA) is 81.4 Å². The molecule has 0 fully saturated rings. The maximum Gasteiger partial charge on any atom is 0.412 e. The van der Waals surface area contributed by atoms with Crippen LogP contribution in [0.3, 0.4) is 0 Å². The van der Waals surface area contributed by atoms with Crippen LogP contribution in [0.4, 0.5) is 10.5 Å². The van der Waals surface area contributed by atoms with Crippen molar-refractivity contribution in [3.63, 3.8) is 0 Å². The van der Waals surface area contributed by atoms with Gasteiger partial charge in [0.15, 0.2) is 0 Å². The van der Waals surface area contributed by atoms with Gasteiger partial charge in [-0.1, -0.05) is 33.8 Å². The first-order valence-corrected chi connectivity index (χ1v) is 7.99. The first-order chi connectivity index (χ1) is 10.8. The molecule has 1 heterocycles. The normalized spacial score (nSPS) is 16.6. The maximum absolute atomic E-state index is 11.8. The number of allylic oxidation sites excluding steroid dienone is 1. The van der Waals surface area contributed by atoms with Crippen LogP contribution in [0.2, 0.25) is 0 Å². The van der Waals surface area contributed by atoms with Gasteiger partial charge in [0.2, 0.25) is 5.91 Å². The number of cyclic esters (lactones) is 1. The smallest absolute Gasteiger partial charge is 0.412 e. The summed E-state index contributed by atoms with van der Waals surface area (Å²) in [6.07, 6.45) is 2.41. The standard InChI is InChI=1S/C18H24N2O3/c1-5-18(6-2)14-9-12(13(11(3)4)10-16(19)21)7-8-15(14)20-17(22)23-18/h7-11H,5-6H2,1-4H3,(H2,19,21)(H,20,22)/b13-10-. The Balaban J connectivity index is 2.61. The molecule has 0 atom stereocenters. The van der Waals surface area contributed by atoms with Crippen LogP contribution >= 0.6 is 0 Å². The zero-order valence-corrected chi connectivity index (χ0v) is 14.1. The highest BCUT2D eigenvalue weighted by Crippen LogP contribution is 2.42. The lowest BCUT2D eigenvalue weighted by Crippen LogP contribution is -2.38. The van der Waals surface area contributed by atoms with Gasteiger partial charge in [-0.3, -0.25) is 10.1 Å². The summed E-state index contributed by atoms with van der Waals surface area (Å²) in [5, 5.41) is 2.75. The van der Waals surface area contributed by atoms with Crippen molar-refractivity contribution in [1.29, 1.82) is 0 Å². The van der Waals surface area contributed by atoms with Crippen molar-refractivity contribution in [2.75, 3.05) is 5.32 Å². The summed E-state index contributed by atoms with van der Waals surface area (Å²) < 4.78 is 5.61. The van der Waals surface area contributed by atoms with E-state index < -0.39 is 17.6 Å². The quantitative estimate of drug-likeness (QED) is 0.811. The third-order valence-corrected chi connectivity index (χ3v) is 4.43. The number of amides is 2. The molecule has 0 unspecified atom stereocenters. The third kappa shape index (κ3) is 3.23. The van der Waals surface area contributed by atoms with Crippen LogP contribution in [0.15, 0.2) is 24.3 Å². The van der Waals surface area contributed by atoms with E-state index in [1.807, 2.05) is 45.9 Å². The van der Waals surface area contributed by atoms with E-state index in [4.69, 9.17) is 10.5 Å². The molecule has 0 saturated heterocycles. The summed E-state index contributed by atoms with van der Waals surface area (Å²) in [5.41, 5.74) is 8.19. The zero-order chi connectivity index (χ0) is 17.2. The Morgan fingerprint density at radius 3 is 2.52 bits per heavy atom. The number of anilines is 1. The molecule has 0 radical (unpaired) electrons. The number of benzene rings is 1. The molecule has 1 aromatic carbocycles. The lowest BCUT2D eigenvalue weighted by molar-refractivity contribution is -0.113. The van der Waals surface area contributed by atoms with E-state index in [0.717, 1.165) is 22.4 Å². The second-order valence-electron chi connectivity index (χ2n) is 6.13. The summed E-state index contributed by atoms with van der Waals surface area (Å²) >= 11 is 0. The van der Waals surface area contributed by atoms with Crippen LogP contribution in [0.5, 0.6) is 0 Å². The van der Waals surface area contributed by atoms with Gasteiger partial charge >= 0.3 is 6.09 Å². The van der Waals surface area contributed by atoms with Crippen LogP contribution in [0, 0.1) is 5.92 Å². The van der Waals surface area contributed by atoms with E-state index in [0.29, 0.717) is 12.8 Å². The fourth-order valence-corrected chi connectivity index (χ4v) is 3.09. The summed E-state index contributed by atoms with van der Waals surface area (Å²) in [5.74, 6) is -0.314. The number of carbonyl (C=O) groups is 2. The third-order valence-electron chi connectivity index (χ3n) is 4.43. The Kier molecular flexibility index (Phi) is 4.78. The average molecular weight is 316 g/mol. The minimum absolute atomic E-state index is 0.150. The number of primary amides is 1. The molecule has 2 amide bonds. The highest BCUT2D eigenvalue weighted by atomic mass is 16.6. The summed E-state index contributed by atoms with van der Waals surface area (Å²) in [6, 6.07) is 5.76. The Morgan fingerprint density at radius 2 is 2.00 bits per heavy atom. The Morgan fingerprint density at radius 1 is 1.35 bits per heavy atom. The minimum atomic E-state index is -0.636. The molecule has 23 heavy (non-hydrogen) atoms. The molecule has 2 rings (SSSR count). The predicted octanol–water partition coefficient (Wildman–Crippen LogP) is 3.79. The van der Waals surface area contributed by atoms with Gasteiger partial charge in [0, 0.05) is 11.6 Å². The molecule has 124 valence electrons. The van der Waals surface area contributed by atoms with Gasteiger partial charge in [-0.25, -0.2) is 4.79 Å². The van der Waals surface area contributed by atoms with Gasteiger partial charge in [-0.2, -0.15) is 0 Å². The van der Waals surface area contributed by atoms with E-state index in [1.165, 1.54) is 6.08 Å². The molecular weight excluding hydrogens is 292 g/mol. The lowest BCUT2D eigenvalue weighted by Gasteiger charge is -2.37. The number of fused-ring (bicyclic) bond motifs is 1. The van der Waals surface area contributed by atoms with Crippen LogP contribution < -0.4 is 11.1 Å². The number of nitrogens with one attached hydrogen (secondary N) is 1. The average Bonchev–Trinajstić information content (AvgIpc) is 2.51. The fourth-order valence-electron chi connectivity index (χ4n) is 3.09. The number of ether oxygens (including phenoxy) is 1. The maximum atomic E-state index is 11.8. The van der Waals surface area contributed by atoms with E-state index in [-0.39, 0.29) is 5.92 Å². The van der Waals surface area contributed by atoms with Gasteiger partial charge in [-0.05, 0) is 42.0 Å². The van der Waals surface area contributed by atoms with E-state index in [1.54, 1.807) is 0 Å². The highest BCUT2D eigenvalue weighted by molar-refractivity contribution is 5.95. The minimum Gasteiger partial charge on any atom is -0.438 e. The number of nitrogens with two attached hydrogens (primary N) is 1. The molecule has 0 aliphatic carbocycles. The molecule has 1 aliphatic heterocycles. The van der Waals surface area contributed by atoms with Gasteiger partial charge in [-0.15, -0.1) is 0 Å². The fraction of sp³-hybridized carbons (Fsp3) is 0.444. The Hall–Kier alpha value is -2.30. The van der Waals surface area contributed by atoms with Gasteiger partial charge in [0.05, 0.1) is 5.69 Å². The molecule has 0 saturated carbocycles. The predicted molar refractivity (Wildman–Crippen MR) is 90.8 cm³/mol. The molecule has 1 aliphatic rings. The summed E-state index contributed by atoms with van der Waals surface area (Å²) in [6.45, 7) is 8.03. The molecule has 5 nitrogen and oxygen atoms in total. The molecule has 0 bridgehead atoms. The van der Waals surface area contributed by atoms with Gasteiger partial charge < -0.3 is 10.5 Å². The van der Waals surface area contributed by atoms with E-state index in [9.17, 15) is 9.59 Å². The van der Waals surface area contributed by atoms with Crippen molar-refractivity contribution in [3.05, 3.63) is 35.4 Å². The van der Waals surface area contributed by atoms with Crippen molar-refractivity contribution < 1.29 is 14.3 Å². The summed E-state index contributed by atoms with van der Waals surface area (Å²) in [4.78, 5) is 23.1. The number of rotatable bonds is 5. The van der Waals surface area contributed by atoms with Crippen molar-refractivity contribution in [1.82, 2.24) is 0 Å². The second-order valence-corrected chi connectivity index (χ2v) is 6.13. The van der Waals surface area contributed by atoms with E-state index in [2.05, 4.69) is 5.32 Å². The molecular formula is C18H24N2O3. The van der Waals surface area contributed by atoms with Crippen molar-refractivity contribution in [2.24, 2.45) is 11.7 Å². The number of hydrogen-bond acceptors (Lipinski definition) is 3. The monoisotopic (exact) mass is 316 g/mol.